The molecule has 1 aliphatic heterocycles. The van der Waals surface area contributed by atoms with Crippen LogP contribution in [0.1, 0.15) is 24.6 Å². The van der Waals surface area contributed by atoms with Gasteiger partial charge in [0, 0.05) is 11.4 Å². The van der Waals surface area contributed by atoms with Crippen LogP contribution in [0.3, 0.4) is 0 Å². The highest BCUT2D eigenvalue weighted by molar-refractivity contribution is 8.26. The summed E-state index contributed by atoms with van der Waals surface area (Å²) in [6, 6.07) is 3.98. The monoisotopic (exact) mass is 283 g/mol. The highest BCUT2D eigenvalue weighted by Gasteiger charge is 2.31. The lowest BCUT2D eigenvalue weighted by Gasteiger charge is -2.12. The molecule has 17 heavy (non-hydrogen) atoms. The van der Waals surface area contributed by atoms with Gasteiger partial charge in [0.05, 0.1) is 4.91 Å². The Hall–Kier alpha value is -0.650. The van der Waals surface area contributed by atoms with Crippen LogP contribution in [0.15, 0.2) is 22.4 Å². The molecular formula is C12H13NOS3. The minimum absolute atomic E-state index is 0.0573. The molecule has 1 fully saturated rings. The van der Waals surface area contributed by atoms with E-state index >= 15 is 0 Å². The Bertz CT molecular complexity index is 450. The van der Waals surface area contributed by atoms with Gasteiger partial charge in [0.2, 0.25) is 0 Å². The Labute approximate surface area is 115 Å². The summed E-state index contributed by atoms with van der Waals surface area (Å²) >= 11 is 8.27. The van der Waals surface area contributed by atoms with Gasteiger partial charge in [-0.25, -0.2) is 0 Å². The van der Waals surface area contributed by atoms with Crippen LogP contribution >= 0.6 is 35.3 Å². The maximum Gasteiger partial charge on any atom is 0.266 e. The summed E-state index contributed by atoms with van der Waals surface area (Å²) in [6.07, 6.45) is 4.00. The first kappa shape index (κ1) is 12.8. The summed E-state index contributed by atoms with van der Waals surface area (Å²) in [6.45, 7) is 2.85. The minimum atomic E-state index is 0.0573. The number of unbranched alkanes of at least 4 members (excludes halogenated alkanes) is 1. The van der Waals surface area contributed by atoms with E-state index in [1.54, 1.807) is 16.2 Å². The molecular weight excluding hydrogens is 270 g/mol. The lowest BCUT2D eigenvalue weighted by molar-refractivity contribution is -0.122. The Morgan fingerprint density at radius 3 is 3.00 bits per heavy atom. The fraction of sp³-hybridized carbons (Fsp3) is 0.333. The number of amides is 1. The van der Waals surface area contributed by atoms with Gasteiger partial charge in [-0.3, -0.25) is 9.69 Å². The summed E-state index contributed by atoms with van der Waals surface area (Å²) in [5.41, 5.74) is 0. The first-order valence-corrected chi connectivity index (χ1v) is 7.61. The van der Waals surface area contributed by atoms with Gasteiger partial charge in [-0.2, -0.15) is 0 Å². The van der Waals surface area contributed by atoms with Crippen molar-refractivity contribution in [2.45, 2.75) is 19.8 Å². The second-order valence-electron chi connectivity index (χ2n) is 3.70. The first-order chi connectivity index (χ1) is 8.22. The first-order valence-electron chi connectivity index (χ1n) is 5.51. The topological polar surface area (TPSA) is 20.3 Å². The van der Waals surface area contributed by atoms with Gasteiger partial charge in [0.25, 0.3) is 5.91 Å². The van der Waals surface area contributed by atoms with Gasteiger partial charge < -0.3 is 0 Å². The molecule has 2 heterocycles. The number of thiophene rings is 1. The molecule has 1 amide bonds. The summed E-state index contributed by atoms with van der Waals surface area (Å²) < 4.78 is 0.686. The zero-order valence-electron chi connectivity index (χ0n) is 9.51. The fourth-order valence-electron chi connectivity index (χ4n) is 1.51. The third-order valence-electron chi connectivity index (χ3n) is 2.43. The summed E-state index contributed by atoms with van der Waals surface area (Å²) in [5.74, 6) is 0.0573. The standard InChI is InChI=1S/C12H13NOS3/c1-2-3-6-13-11(14)10(17-12(13)15)8-9-5-4-7-16-9/h4-5,7-8H,2-3,6H2,1H3/b10-8-. The van der Waals surface area contributed by atoms with Crippen LogP contribution in [-0.4, -0.2) is 21.7 Å². The number of carbonyl (C=O) groups is 1. The second-order valence-corrected chi connectivity index (χ2v) is 6.36. The molecule has 1 aromatic rings. The molecule has 0 radical (unpaired) electrons. The Balaban J connectivity index is 2.13. The van der Waals surface area contributed by atoms with Gasteiger partial charge in [0.1, 0.15) is 4.32 Å². The van der Waals surface area contributed by atoms with Crippen molar-refractivity contribution in [1.29, 1.82) is 0 Å². The molecule has 0 atom stereocenters. The van der Waals surface area contributed by atoms with Gasteiger partial charge in [0.15, 0.2) is 0 Å². The van der Waals surface area contributed by atoms with E-state index in [4.69, 9.17) is 12.2 Å². The minimum Gasteiger partial charge on any atom is -0.293 e. The van der Waals surface area contributed by atoms with Crippen LogP contribution in [0.25, 0.3) is 6.08 Å². The van der Waals surface area contributed by atoms with E-state index in [-0.39, 0.29) is 5.91 Å². The van der Waals surface area contributed by atoms with Crippen LogP contribution < -0.4 is 0 Å². The molecule has 0 aromatic carbocycles. The number of hydrogen-bond acceptors (Lipinski definition) is 4. The quantitative estimate of drug-likeness (QED) is 0.620. The molecule has 1 aromatic heterocycles. The highest BCUT2D eigenvalue weighted by atomic mass is 32.2. The van der Waals surface area contributed by atoms with E-state index in [0.29, 0.717) is 4.32 Å². The zero-order chi connectivity index (χ0) is 12.3. The lowest BCUT2D eigenvalue weighted by atomic mass is 10.3. The lowest BCUT2D eigenvalue weighted by Crippen LogP contribution is -2.28. The maximum atomic E-state index is 12.1. The molecule has 1 saturated heterocycles. The molecule has 0 aliphatic carbocycles. The molecule has 2 nitrogen and oxygen atoms in total. The Morgan fingerprint density at radius 2 is 2.35 bits per heavy atom. The van der Waals surface area contributed by atoms with Crippen molar-refractivity contribution in [3.05, 3.63) is 27.3 Å². The van der Waals surface area contributed by atoms with E-state index < -0.39 is 0 Å². The fourth-order valence-corrected chi connectivity index (χ4v) is 3.54. The second kappa shape index (κ2) is 5.80. The predicted octanol–water partition coefficient (Wildman–Crippen LogP) is 3.75. The number of carbonyl (C=O) groups excluding carboxylic acids is 1. The predicted molar refractivity (Wildman–Crippen MR) is 79.1 cm³/mol. The smallest absolute Gasteiger partial charge is 0.266 e. The largest absolute Gasteiger partial charge is 0.293 e. The van der Waals surface area contributed by atoms with Crippen molar-refractivity contribution in [2.24, 2.45) is 0 Å². The average Bonchev–Trinajstić information content (AvgIpc) is 2.89. The SMILES string of the molecule is CCCCN1C(=O)/C(=C/c2cccs2)SC1=S. The molecule has 0 N–H and O–H groups in total. The van der Waals surface area contributed by atoms with E-state index in [0.717, 1.165) is 29.2 Å². The van der Waals surface area contributed by atoms with Crippen LogP contribution in [0.4, 0.5) is 0 Å². The van der Waals surface area contributed by atoms with Crippen LogP contribution in [0.2, 0.25) is 0 Å². The van der Waals surface area contributed by atoms with Crippen molar-refractivity contribution in [1.82, 2.24) is 4.90 Å². The molecule has 0 unspecified atom stereocenters. The number of rotatable bonds is 4. The average molecular weight is 283 g/mol. The van der Waals surface area contributed by atoms with Crippen LogP contribution in [-0.2, 0) is 4.79 Å². The van der Waals surface area contributed by atoms with Crippen molar-refractivity contribution >= 4 is 51.6 Å². The molecule has 90 valence electrons. The zero-order valence-corrected chi connectivity index (χ0v) is 12.0. The van der Waals surface area contributed by atoms with Gasteiger partial charge in [-0.1, -0.05) is 43.4 Å². The molecule has 5 heteroatoms. The van der Waals surface area contributed by atoms with Gasteiger partial charge in [-0.05, 0) is 23.9 Å². The third kappa shape index (κ3) is 2.97. The molecule has 1 aliphatic rings. The Morgan fingerprint density at radius 1 is 1.53 bits per heavy atom. The molecule has 0 saturated carbocycles. The van der Waals surface area contributed by atoms with E-state index in [1.807, 2.05) is 23.6 Å². The number of thioether (sulfide) groups is 1. The number of nitrogens with zero attached hydrogens (tertiary/aromatic N) is 1. The molecule has 0 spiro atoms. The van der Waals surface area contributed by atoms with E-state index in [9.17, 15) is 4.79 Å². The van der Waals surface area contributed by atoms with Crippen molar-refractivity contribution in [3.63, 3.8) is 0 Å². The normalized spacial score (nSPS) is 18.4. The van der Waals surface area contributed by atoms with Crippen molar-refractivity contribution in [3.8, 4) is 0 Å². The summed E-state index contributed by atoms with van der Waals surface area (Å²) in [7, 11) is 0. The van der Waals surface area contributed by atoms with Crippen molar-refractivity contribution < 1.29 is 4.79 Å². The molecule has 2 rings (SSSR count). The maximum absolute atomic E-state index is 12.1. The van der Waals surface area contributed by atoms with E-state index in [2.05, 4.69) is 6.92 Å². The third-order valence-corrected chi connectivity index (χ3v) is 4.62. The summed E-state index contributed by atoms with van der Waals surface area (Å²) in [5, 5.41) is 2.00. The highest BCUT2D eigenvalue weighted by Crippen LogP contribution is 2.33. The number of thiocarbonyl (C=S) groups is 1. The van der Waals surface area contributed by atoms with Gasteiger partial charge >= 0.3 is 0 Å². The van der Waals surface area contributed by atoms with Crippen LogP contribution in [0.5, 0.6) is 0 Å². The van der Waals surface area contributed by atoms with Crippen molar-refractivity contribution in [2.75, 3.05) is 6.54 Å². The summed E-state index contributed by atoms with van der Waals surface area (Å²) in [4.78, 5) is 15.7. The van der Waals surface area contributed by atoms with Gasteiger partial charge in [-0.15, -0.1) is 11.3 Å². The number of hydrogen-bond donors (Lipinski definition) is 0. The Kier molecular flexibility index (Phi) is 4.36. The molecule has 0 bridgehead atoms. The van der Waals surface area contributed by atoms with E-state index in [1.165, 1.54) is 11.8 Å². The van der Waals surface area contributed by atoms with Crippen LogP contribution in [0, 0.1) is 0 Å².